The number of fused-ring (bicyclic) bond motifs is 16. The first-order valence-electron chi connectivity index (χ1n) is 13.2. The quantitative estimate of drug-likeness (QED) is 0.481. The summed E-state index contributed by atoms with van der Waals surface area (Å²) in [7, 11) is 2.94. The molecule has 0 spiro atoms. The molecule has 0 radical (unpaired) electrons. The molecular formula is C28H36O4. The van der Waals surface area contributed by atoms with Gasteiger partial charge in [0.15, 0.2) is 0 Å². The molecule has 4 heteroatoms. The molecule has 0 unspecified atom stereocenters. The Hall–Kier alpha value is -1.32. The minimum Gasteiger partial charge on any atom is -0.469 e. The summed E-state index contributed by atoms with van der Waals surface area (Å²) in [5, 5.41) is 0. The molecule has 16 atom stereocenters. The molecule has 0 aromatic rings. The van der Waals surface area contributed by atoms with Crippen molar-refractivity contribution in [3.63, 3.8) is 0 Å². The number of rotatable bonds is 2. The van der Waals surface area contributed by atoms with Crippen molar-refractivity contribution in [2.75, 3.05) is 14.2 Å². The average Bonchev–Trinajstić information content (AvgIpc) is 3.60. The van der Waals surface area contributed by atoms with Gasteiger partial charge in [0.25, 0.3) is 0 Å². The van der Waals surface area contributed by atoms with Crippen LogP contribution >= 0.6 is 0 Å². The van der Waals surface area contributed by atoms with Crippen LogP contribution in [0.25, 0.3) is 0 Å². The van der Waals surface area contributed by atoms with Gasteiger partial charge >= 0.3 is 11.9 Å². The Morgan fingerprint density at radius 1 is 0.719 bits per heavy atom. The highest BCUT2D eigenvalue weighted by Gasteiger charge is 2.90. The van der Waals surface area contributed by atoms with Crippen LogP contribution in [0.5, 0.6) is 0 Å². The van der Waals surface area contributed by atoms with E-state index in [2.05, 4.69) is 26.0 Å². The zero-order chi connectivity index (χ0) is 21.9. The van der Waals surface area contributed by atoms with Gasteiger partial charge < -0.3 is 9.47 Å². The first-order valence-corrected chi connectivity index (χ1v) is 13.2. The van der Waals surface area contributed by atoms with Crippen LogP contribution in [0.1, 0.15) is 39.5 Å². The van der Waals surface area contributed by atoms with Gasteiger partial charge in [-0.15, -0.1) is 0 Å². The fourth-order valence-corrected chi connectivity index (χ4v) is 13.5. The predicted octanol–water partition coefficient (Wildman–Crippen LogP) is 4.20. The largest absolute Gasteiger partial charge is 0.469 e. The van der Waals surface area contributed by atoms with Gasteiger partial charge in [-0.2, -0.15) is 0 Å². The number of hydrogen-bond acceptors (Lipinski definition) is 4. The molecule has 9 aliphatic carbocycles. The van der Waals surface area contributed by atoms with Crippen molar-refractivity contribution in [3.8, 4) is 0 Å². The van der Waals surface area contributed by atoms with Gasteiger partial charge in [-0.25, -0.2) is 0 Å². The second kappa shape index (κ2) is 5.49. The van der Waals surface area contributed by atoms with E-state index in [0.29, 0.717) is 22.7 Å². The molecule has 0 N–H and O–H groups in total. The monoisotopic (exact) mass is 436 g/mol. The molecule has 0 heterocycles. The lowest BCUT2D eigenvalue weighted by molar-refractivity contribution is -0.386. The average molecular weight is 437 g/mol. The molecule has 9 rings (SSSR count). The fourth-order valence-electron chi connectivity index (χ4n) is 13.5. The summed E-state index contributed by atoms with van der Waals surface area (Å²) in [6, 6.07) is 0. The summed E-state index contributed by atoms with van der Waals surface area (Å²) in [5.74, 6) is 7.35. The molecule has 0 amide bonds. The highest BCUT2D eigenvalue weighted by molar-refractivity contribution is 5.84. The van der Waals surface area contributed by atoms with Crippen molar-refractivity contribution < 1.29 is 19.1 Å². The molecule has 6 bridgehead atoms. The standard InChI is InChI=1S/C28H36O4/c1-27-21-11-5-6-12(9-11)22(21)28(27,2)24-16-10-15(23(24)27)17-13-7-8-14(18(16)17)20(26(30)32-4)19(13)25(29)31-3/h7-8,11-24H,5-6,9-10H2,1-4H3/t11-,12+,13+,14-,15-,16+,17+,18-,19-,20-,21+,22-,23-,24+,27+,28-/m1/s1. The van der Waals surface area contributed by atoms with Gasteiger partial charge in [-0.05, 0) is 108 Å². The Morgan fingerprint density at radius 3 is 1.56 bits per heavy atom. The zero-order valence-electron chi connectivity index (χ0n) is 19.7. The fraction of sp³-hybridized carbons (Fsp3) is 0.857. The smallest absolute Gasteiger partial charge is 0.310 e. The number of allylic oxidation sites excluding steroid dienone is 2. The van der Waals surface area contributed by atoms with Crippen molar-refractivity contribution in [2.45, 2.75) is 39.5 Å². The van der Waals surface area contributed by atoms with Crippen LogP contribution in [0.2, 0.25) is 0 Å². The predicted molar refractivity (Wildman–Crippen MR) is 117 cm³/mol. The van der Waals surface area contributed by atoms with E-state index < -0.39 is 0 Å². The Balaban J connectivity index is 1.21. The SMILES string of the molecule is COC(=O)[C@@H]1[C@H]2C=C[C@@H]([C@H]1C(=O)OC)[C@@H]1[C@@H]3C[C@H]([C@H]21)[C@@H]1[C@H]3[C@@]2(C)[C@@H]3[C@H]4CC[C@H](C4)[C@@H]3[C@@]12C. The number of hydrogen-bond donors (Lipinski definition) is 0. The Bertz CT molecular complexity index is 896. The van der Waals surface area contributed by atoms with Crippen LogP contribution in [-0.2, 0) is 19.1 Å². The first-order chi connectivity index (χ1) is 15.4. The van der Waals surface area contributed by atoms with Gasteiger partial charge in [0.1, 0.15) is 0 Å². The lowest BCUT2D eigenvalue weighted by atomic mass is 9.19. The lowest BCUT2D eigenvalue weighted by Gasteiger charge is -2.85. The summed E-state index contributed by atoms with van der Waals surface area (Å²) < 4.78 is 10.5. The maximum absolute atomic E-state index is 13.0. The second-order valence-corrected chi connectivity index (χ2v) is 13.4. The molecule has 9 aliphatic rings. The Labute approximate surface area is 190 Å². The van der Waals surface area contributed by atoms with E-state index in [0.717, 1.165) is 47.3 Å². The molecule has 7 saturated carbocycles. The Kier molecular flexibility index (Phi) is 3.27. The maximum atomic E-state index is 13.0. The van der Waals surface area contributed by atoms with E-state index in [4.69, 9.17) is 9.47 Å². The normalized spacial score (nSPS) is 65.4. The van der Waals surface area contributed by atoms with Crippen molar-refractivity contribution in [3.05, 3.63) is 12.2 Å². The molecule has 172 valence electrons. The third-order valence-electron chi connectivity index (χ3n) is 13.7. The summed E-state index contributed by atoms with van der Waals surface area (Å²) in [4.78, 5) is 25.9. The molecule has 4 nitrogen and oxygen atoms in total. The van der Waals surface area contributed by atoms with E-state index in [1.54, 1.807) is 0 Å². The lowest BCUT2D eigenvalue weighted by Crippen LogP contribution is -2.82. The molecule has 0 aromatic heterocycles. The molecule has 0 aliphatic heterocycles. The van der Waals surface area contributed by atoms with Crippen LogP contribution in [0, 0.1) is 93.7 Å². The molecule has 0 saturated heterocycles. The van der Waals surface area contributed by atoms with Gasteiger partial charge in [0.05, 0.1) is 26.1 Å². The van der Waals surface area contributed by atoms with Gasteiger partial charge in [0, 0.05) is 0 Å². The highest BCUT2D eigenvalue weighted by Crippen LogP contribution is 2.94. The van der Waals surface area contributed by atoms with Crippen LogP contribution < -0.4 is 0 Å². The molecule has 0 aromatic carbocycles. The minimum absolute atomic E-state index is 0.142. The number of esters is 2. The van der Waals surface area contributed by atoms with Gasteiger partial charge in [-0.3, -0.25) is 9.59 Å². The third-order valence-corrected chi connectivity index (χ3v) is 13.7. The van der Waals surface area contributed by atoms with Crippen molar-refractivity contribution in [2.24, 2.45) is 93.7 Å². The number of methoxy groups -OCH3 is 2. The van der Waals surface area contributed by atoms with Crippen LogP contribution in [-0.4, -0.2) is 26.2 Å². The second-order valence-electron chi connectivity index (χ2n) is 13.4. The van der Waals surface area contributed by atoms with Crippen molar-refractivity contribution in [1.29, 1.82) is 0 Å². The topological polar surface area (TPSA) is 52.6 Å². The first kappa shape index (κ1) is 19.0. The van der Waals surface area contributed by atoms with Crippen LogP contribution in [0.15, 0.2) is 12.2 Å². The van der Waals surface area contributed by atoms with E-state index in [9.17, 15) is 9.59 Å². The van der Waals surface area contributed by atoms with E-state index in [-0.39, 0.29) is 35.6 Å². The van der Waals surface area contributed by atoms with E-state index in [1.165, 1.54) is 39.9 Å². The molecule has 32 heavy (non-hydrogen) atoms. The Morgan fingerprint density at radius 2 is 1.16 bits per heavy atom. The molecule has 7 fully saturated rings. The number of carbonyl (C=O) groups excluding carboxylic acids is 2. The van der Waals surface area contributed by atoms with E-state index in [1.807, 2.05) is 0 Å². The molecular weight excluding hydrogens is 400 g/mol. The highest BCUT2D eigenvalue weighted by atomic mass is 16.5. The summed E-state index contributed by atoms with van der Waals surface area (Å²) in [5.41, 5.74) is 1.05. The van der Waals surface area contributed by atoms with Gasteiger partial charge in [-0.1, -0.05) is 26.0 Å². The minimum atomic E-state index is -0.364. The van der Waals surface area contributed by atoms with Crippen molar-refractivity contribution in [1.82, 2.24) is 0 Å². The summed E-state index contributed by atoms with van der Waals surface area (Å²) in [6.07, 6.45) is 10.4. The van der Waals surface area contributed by atoms with Crippen molar-refractivity contribution >= 4 is 11.9 Å². The van der Waals surface area contributed by atoms with Crippen LogP contribution in [0.3, 0.4) is 0 Å². The van der Waals surface area contributed by atoms with Gasteiger partial charge in [0.2, 0.25) is 0 Å². The van der Waals surface area contributed by atoms with Crippen LogP contribution in [0.4, 0.5) is 0 Å². The third kappa shape index (κ3) is 1.59. The maximum Gasteiger partial charge on any atom is 0.310 e. The van der Waals surface area contributed by atoms with E-state index >= 15 is 0 Å². The summed E-state index contributed by atoms with van der Waals surface area (Å²) in [6.45, 7) is 5.36. The number of carbonyl (C=O) groups is 2. The zero-order valence-corrected chi connectivity index (χ0v) is 19.7. The summed E-state index contributed by atoms with van der Waals surface area (Å²) >= 11 is 0. The number of ether oxygens (including phenoxy) is 2.